The van der Waals surface area contributed by atoms with Gasteiger partial charge in [0.25, 0.3) is 0 Å². The van der Waals surface area contributed by atoms with Crippen LogP contribution in [0.3, 0.4) is 0 Å². The molecule has 0 aromatic heterocycles. The molecule has 0 fully saturated rings. The predicted molar refractivity (Wildman–Crippen MR) is 78.6 cm³/mol. The molecule has 0 unspecified atom stereocenters. The molecule has 3 aromatic carbocycles. The zero-order chi connectivity index (χ0) is 13.2. The molecule has 0 heterocycles. The standard InChI is InChI=1S/C17H14N2/c18-10-9-17(19)16-11-12-5-1-2-6-13(12)14-7-3-4-8-15(14)16/h1-8,11,17H,9,19H2/t17-/m1/s1. The lowest BCUT2D eigenvalue weighted by molar-refractivity contribution is 0.756. The zero-order valence-electron chi connectivity index (χ0n) is 10.5. The third-order valence-corrected chi connectivity index (χ3v) is 3.51. The summed E-state index contributed by atoms with van der Waals surface area (Å²) < 4.78 is 0. The lowest BCUT2D eigenvalue weighted by Gasteiger charge is -2.14. The summed E-state index contributed by atoms with van der Waals surface area (Å²) in [5.74, 6) is 0. The van der Waals surface area contributed by atoms with Gasteiger partial charge >= 0.3 is 0 Å². The van der Waals surface area contributed by atoms with Gasteiger partial charge in [-0.05, 0) is 33.2 Å². The molecule has 0 saturated heterocycles. The van der Waals surface area contributed by atoms with Gasteiger partial charge in [0.05, 0.1) is 12.5 Å². The van der Waals surface area contributed by atoms with Gasteiger partial charge in [-0.3, -0.25) is 0 Å². The molecule has 92 valence electrons. The number of nitrogens with two attached hydrogens (primary N) is 1. The number of benzene rings is 3. The SMILES string of the molecule is N#CC[C@@H](N)c1cc2ccccc2c2ccccc12. The lowest BCUT2D eigenvalue weighted by atomic mass is 9.93. The van der Waals surface area contributed by atoms with Crippen molar-refractivity contribution >= 4 is 21.5 Å². The van der Waals surface area contributed by atoms with E-state index in [0.29, 0.717) is 6.42 Å². The van der Waals surface area contributed by atoms with Crippen LogP contribution >= 0.6 is 0 Å². The number of rotatable bonds is 2. The maximum absolute atomic E-state index is 8.85. The van der Waals surface area contributed by atoms with E-state index in [4.69, 9.17) is 11.0 Å². The van der Waals surface area contributed by atoms with E-state index in [2.05, 4.69) is 36.4 Å². The molecule has 0 amide bonds. The summed E-state index contributed by atoms with van der Waals surface area (Å²) in [4.78, 5) is 0. The first-order valence-electron chi connectivity index (χ1n) is 6.34. The maximum Gasteiger partial charge on any atom is 0.0641 e. The van der Waals surface area contributed by atoms with Crippen LogP contribution in [0.4, 0.5) is 0 Å². The van der Waals surface area contributed by atoms with Gasteiger partial charge in [0.2, 0.25) is 0 Å². The quantitative estimate of drug-likeness (QED) is 0.697. The second-order valence-electron chi connectivity index (χ2n) is 4.70. The van der Waals surface area contributed by atoms with Crippen molar-refractivity contribution in [2.75, 3.05) is 0 Å². The fourth-order valence-corrected chi connectivity index (χ4v) is 2.60. The Morgan fingerprint density at radius 2 is 1.58 bits per heavy atom. The maximum atomic E-state index is 8.85. The number of hydrogen-bond donors (Lipinski definition) is 1. The molecule has 0 saturated carbocycles. The first-order valence-corrected chi connectivity index (χ1v) is 6.34. The largest absolute Gasteiger partial charge is 0.323 e. The van der Waals surface area contributed by atoms with Crippen LogP contribution in [0.15, 0.2) is 54.6 Å². The van der Waals surface area contributed by atoms with E-state index in [9.17, 15) is 0 Å². The first kappa shape index (κ1) is 11.7. The average Bonchev–Trinajstić information content (AvgIpc) is 2.46. The predicted octanol–water partition coefficient (Wildman–Crippen LogP) is 3.91. The molecule has 0 aliphatic carbocycles. The number of nitrogens with zero attached hydrogens (tertiary/aromatic N) is 1. The number of hydrogen-bond acceptors (Lipinski definition) is 2. The van der Waals surface area contributed by atoms with Crippen LogP contribution in [0.1, 0.15) is 18.0 Å². The fraction of sp³-hybridized carbons (Fsp3) is 0.118. The Morgan fingerprint density at radius 1 is 0.947 bits per heavy atom. The molecule has 2 heteroatoms. The molecule has 2 N–H and O–H groups in total. The molecule has 0 spiro atoms. The molecular formula is C17H14N2. The van der Waals surface area contributed by atoms with Gasteiger partial charge in [0.15, 0.2) is 0 Å². The van der Waals surface area contributed by atoms with E-state index < -0.39 is 0 Å². The highest BCUT2D eigenvalue weighted by atomic mass is 14.6. The minimum Gasteiger partial charge on any atom is -0.323 e. The molecule has 2 nitrogen and oxygen atoms in total. The third-order valence-electron chi connectivity index (χ3n) is 3.51. The molecule has 3 aromatic rings. The highest BCUT2D eigenvalue weighted by Gasteiger charge is 2.11. The summed E-state index contributed by atoms with van der Waals surface area (Å²) in [5.41, 5.74) is 7.19. The van der Waals surface area contributed by atoms with Gasteiger partial charge in [-0.2, -0.15) is 5.26 Å². The molecule has 0 bridgehead atoms. The summed E-state index contributed by atoms with van der Waals surface area (Å²) in [6.45, 7) is 0. The summed E-state index contributed by atoms with van der Waals surface area (Å²) >= 11 is 0. The van der Waals surface area contributed by atoms with Crippen molar-refractivity contribution in [1.29, 1.82) is 5.26 Å². The molecule has 3 rings (SSSR count). The molecule has 0 aliphatic heterocycles. The second kappa shape index (κ2) is 4.72. The smallest absolute Gasteiger partial charge is 0.0641 e. The monoisotopic (exact) mass is 246 g/mol. The van der Waals surface area contributed by atoms with Crippen LogP contribution in [-0.4, -0.2) is 0 Å². The average molecular weight is 246 g/mol. The van der Waals surface area contributed by atoms with Gasteiger partial charge in [0, 0.05) is 6.04 Å². The number of nitriles is 1. The third kappa shape index (κ3) is 1.95. The van der Waals surface area contributed by atoms with Gasteiger partial charge in [-0.1, -0.05) is 48.5 Å². The van der Waals surface area contributed by atoms with Crippen molar-refractivity contribution in [2.24, 2.45) is 5.73 Å². The van der Waals surface area contributed by atoms with E-state index in [1.165, 1.54) is 16.2 Å². The summed E-state index contributed by atoms with van der Waals surface area (Å²) in [5, 5.41) is 13.6. The summed E-state index contributed by atoms with van der Waals surface area (Å²) in [7, 11) is 0. The van der Waals surface area contributed by atoms with Gasteiger partial charge in [-0.15, -0.1) is 0 Å². The fourth-order valence-electron chi connectivity index (χ4n) is 2.60. The Morgan fingerprint density at radius 3 is 2.32 bits per heavy atom. The van der Waals surface area contributed by atoms with Crippen molar-refractivity contribution in [3.05, 3.63) is 60.2 Å². The van der Waals surface area contributed by atoms with Crippen molar-refractivity contribution in [1.82, 2.24) is 0 Å². The van der Waals surface area contributed by atoms with Crippen molar-refractivity contribution in [2.45, 2.75) is 12.5 Å². The Bertz CT molecular complexity index is 784. The summed E-state index contributed by atoms with van der Waals surface area (Å²) in [6, 6.07) is 20.5. The van der Waals surface area contributed by atoms with E-state index in [-0.39, 0.29) is 6.04 Å². The first-order chi connectivity index (χ1) is 9.31. The van der Waals surface area contributed by atoms with E-state index in [1.54, 1.807) is 0 Å². The van der Waals surface area contributed by atoms with Crippen LogP contribution in [0.25, 0.3) is 21.5 Å². The minimum atomic E-state index is -0.237. The number of fused-ring (bicyclic) bond motifs is 3. The minimum absolute atomic E-state index is 0.237. The van der Waals surface area contributed by atoms with Crippen LogP contribution < -0.4 is 5.73 Å². The van der Waals surface area contributed by atoms with Crippen LogP contribution in [0.5, 0.6) is 0 Å². The Labute approximate surface area is 112 Å². The molecule has 1 atom stereocenters. The molecule has 0 radical (unpaired) electrons. The van der Waals surface area contributed by atoms with E-state index in [1.807, 2.05) is 24.3 Å². The highest BCUT2D eigenvalue weighted by molar-refractivity contribution is 6.09. The van der Waals surface area contributed by atoms with Crippen LogP contribution in [0, 0.1) is 11.3 Å². The Balaban J connectivity index is 2.39. The second-order valence-corrected chi connectivity index (χ2v) is 4.70. The lowest BCUT2D eigenvalue weighted by Crippen LogP contribution is -2.09. The van der Waals surface area contributed by atoms with E-state index >= 15 is 0 Å². The summed E-state index contributed by atoms with van der Waals surface area (Å²) in [6.07, 6.45) is 0.336. The molecule has 19 heavy (non-hydrogen) atoms. The van der Waals surface area contributed by atoms with Crippen molar-refractivity contribution in [3.8, 4) is 6.07 Å². The highest BCUT2D eigenvalue weighted by Crippen LogP contribution is 2.31. The molecular weight excluding hydrogens is 232 g/mol. The van der Waals surface area contributed by atoms with Crippen molar-refractivity contribution < 1.29 is 0 Å². The Hall–Kier alpha value is -2.37. The van der Waals surface area contributed by atoms with Crippen molar-refractivity contribution in [3.63, 3.8) is 0 Å². The van der Waals surface area contributed by atoms with Gasteiger partial charge < -0.3 is 5.73 Å². The van der Waals surface area contributed by atoms with Crippen LogP contribution in [-0.2, 0) is 0 Å². The van der Waals surface area contributed by atoms with Crippen LogP contribution in [0.2, 0.25) is 0 Å². The normalized spacial score (nSPS) is 12.4. The van der Waals surface area contributed by atoms with E-state index in [0.717, 1.165) is 10.9 Å². The topological polar surface area (TPSA) is 49.8 Å². The van der Waals surface area contributed by atoms with Gasteiger partial charge in [-0.25, -0.2) is 0 Å². The van der Waals surface area contributed by atoms with Gasteiger partial charge in [0.1, 0.15) is 0 Å². The Kier molecular flexibility index (Phi) is 2.91. The zero-order valence-corrected chi connectivity index (χ0v) is 10.5. The molecule has 0 aliphatic rings.